The van der Waals surface area contributed by atoms with Gasteiger partial charge < -0.3 is 32.3 Å². The van der Waals surface area contributed by atoms with Crippen LogP contribution in [0, 0.1) is 0 Å². The van der Waals surface area contributed by atoms with E-state index in [1.54, 1.807) is 18.5 Å². The zero-order valence-corrected chi connectivity index (χ0v) is 16.8. The van der Waals surface area contributed by atoms with E-state index in [0.717, 1.165) is 35.6 Å². The van der Waals surface area contributed by atoms with Crippen molar-refractivity contribution in [2.45, 2.75) is 12.1 Å². The summed E-state index contributed by atoms with van der Waals surface area (Å²) in [5.74, 6) is 2.16. The van der Waals surface area contributed by atoms with Gasteiger partial charge in [-0.2, -0.15) is 0 Å². The first-order valence-corrected chi connectivity index (χ1v) is 10.1. The van der Waals surface area contributed by atoms with Gasteiger partial charge in [0.1, 0.15) is 17.5 Å². The average Bonchev–Trinajstić information content (AvgIpc) is 3.02. The molecule has 1 unspecified atom stereocenters. The van der Waals surface area contributed by atoms with Crippen LogP contribution < -0.4 is 32.3 Å². The molecule has 0 bridgehead atoms. The number of nitrogens with zero attached hydrogens (tertiary/aromatic N) is 4. The monoisotopic (exact) mass is 417 g/mol. The van der Waals surface area contributed by atoms with E-state index in [0.29, 0.717) is 24.0 Å². The van der Waals surface area contributed by atoms with Crippen molar-refractivity contribution in [2.24, 2.45) is 0 Å². The summed E-state index contributed by atoms with van der Waals surface area (Å²) >= 11 is 0. The Morgan fingerprint density at radius 3 is 2.81 bits per heavy atom. The van der Waals surface area contributed by atoms with Crippen LogP contribution in [0.1, 0.15) is 17.5 Å². The number of rotatable bonds is 3. The summed E-state index contributed by atoms with van der Waals surface area (Å²) in [5.41, 5.74) is 13.7. The topological polar surface area (TPSA) is 147 Å². The highest BCUT2D eigenvalue weighted by Gasteiger charge is 2.42. The smallest absolute Gasteiger partial charge is 0.239 e. The lowest BCUT2D eigenvalue weighted by Gasteiger charge is -2.32. The number of pyridine rings is 3. The standard InChI is InChI=1S/C21H23N9O/c22-16-11-13(6-9-24-16)21(14-3-1-7-26-19(14)23)28-15-4-5-17(27-20(15)29-21)30-10-2-8-25-18(31)12-30/h1,3-7,9,11,28H,2,8,10,12H2,(H2,22,24)(H2,23,26)(H,25,31)(H,27,29). The number of nitrogens with one attached hydrogen (secondary N) is 3. The molecule has 1 saturated heterocycles. The van der Waals surface area contributed by atoms with Crippen LogP contribution in [0.2, 0.25) is 0 Å². The van der Waals surface area contributed by atoms with Crippen LogP contribution in [0.25, 0.3) is 0 Å². The number of nitrogens with two attached hydrogens (primary N) is 2. The summed E-state index contributed by atoms with van der Waals surface area (Å²) in [6, 6.07) is 11.3. The van der Waals surface area contributed by atoms with Crippen molar-refractivity contribution in [3.05, 3.63) is 59.9 Å². The van der Waals surface area contributed by atoms with Crippen LogP contribution in [0.15, 0.2) is 48.8 Å². The summed E-state index contributed by atoms with van der Waals surface area (Å²) in [5, 5.41) is 9.92. The van der Waals surface area contributed by atoms with Gasteiger partial charge in [-0.05, 0) is 42.8 Å². The highest BCUT2D eigenvalue weighted by atomic mass is 16.2. The van der Waals surface area contributed by atoms with E-state index in [-0.39, 0.29) is 12.5 Å². The van der Waals surface area contributed by atoms with Gasteiger partial charge in [-0.15, -0.1) is 0 Å². The molecule has 7 N–H and O–H groups in total. The number of aromatic nitrogens is 3. The first-order chi connectivity index (χ1) is 15.0. The van der Waals surface area contributed by atoms with Gasteiger partial charge in [0.05, 0.1) is 12.2 Å². The van der Waals surface area contributed by atoms with Crippen LogP contribution in [-0.2, 0) is 10.5 Å². The molecule has 31 heavy (non-hydrogen) atoms. The molecule has 2 aliphatic heterocycles. The maximum atomic E-state index is 12.0. The van der Waals surface area contributed by atoms with Crippen LogP contribution in [-0.4, -0.2) is 40.5 Å². The predicted octanol–water partition coefficient (Wildman–Crippen LogP) is 1.10. The Balaban J connectivity index is 1.58. The Kier molecular flexibility index (Phi) is 4.46. The van der Waals surface area contributed by atoms with Crippen molar-refractivity contribution in [3.63, 3.8) is 0 Å². The molecule has 1 atom stereocenters. The first kappa shape index (κ1) is 18.9. The zero-order valence-electron chi connectivity index (χ0n) is 16.8. The molecule has 5 rings (SSSR count). The Labute approximate surface area is 179 Å². The Hall–Kier alpha value is -4.08. The maximum absolute atomic E-state index is 12.0. The summed E-state index contributed by atoms with van der Waals surface area (Å²) in [7, 11) is 0. The second-order valence-electron chi connectivity index (χ2n) is 7.60. The highest BCUT2D eigenvalue weighted by Crippen LogP contribution is 2.44. The molecule has 3 aromatic heterocycles. The molecule has 3 aromatic rings. The Morgan fingerprint density at radius 2 is 1.97 bits per heavy atom. The fraction of sp³-hybridized carbons (Fsp3) is 0.238. The minimum absolute atomic E-state index is 0.00405. The molecule has 1 fully saturated rings. The first-order valence-electron chi connectivity index (χ1n) is 10.1. The molecule has 10 nitrogen and oxygen atoms in total. The second-order valence-corrected chi connectivity index (χ2v) is 7.60. The lowest BCUT2D eigenvalue weighted by Crippen LogP contribution is -2.41. The molecule has 158 valence electrons. The van der Waals surface area contributed by atoms with E-state index >= 15 is 0 Å². The maximum Gasteiger partial charge on any atom is 0.239 e. The Morgan fingerprint density at radius 1 is 1.06 bits per heavy atom. The van der Waals surface area contributed by atoms with E-state index in [4.69, 9.17) is 16.5 Å². The largest absolute Gasteiger partial charge is 0.384 e. The van der Waals surface area contributed by atoms with Crippen molar-refractivity contribution in [3.8, 4) is 0 Å². The number of hydrogen-bond acceptors (Lipinski definition) is 9. The van der Waals surface area contributed by atoms with Crippen LogP contribution in [0.5, 0.6) is 0 Å². The summed E-state index contributed by atoms with van der Waals surface area (Å²) < 4.78 is 0. The number of carbonyl (C=O) groups is 1. The average molecular weight is 417 g/mol. The number of fused-ring (bicyclic) bond motifs is 1. The summed E-state index contributed by atoms with van der Waals surface area (Å²) in [6.45, 7) is 1.70. The fourth-order valence-corrected chi connectivity index (χ4v) is 4.08. The molecular weight excluding hydrogens is 394 g/mol. The van der Waals surface area contributed by atoms with E-state index in [1.807, 2.05) is 35.2 Å². The number of carbonyl (C=O) groups excluding carboxylic acids is 1. The zero-order chi connectivity index (χ0) is 21.4. The summed E-state index contributed by atoms with van der Waals surface area (Å²) in [6.07, 6.45) is 4.17. The van der Waals surface area contributed by atoms with Crippen molar-refractivity contribution in [1.29, 1.82) is 0 Å². The van der Waals surface area contributed by atoms with Gasteiger partial charge in [-0.25, -0.2) is 15.0 Å². The molecular formula is C21H23N9O. The minimum Gasteiger partial charge on any atom is -0.384 e. The number of nitrogen functional groups attached to an aromatic ring is 2. The molecule has 5 heterocycles. The van der Waals surface area contributed by atoms with Crippen LogP contribution in [0.4, 0.5) is 29.0 Å². The molecule has 0 spiro atoms. The van der Waals surface area contributed by atoms with Crippen molar-refractivity contribution < 1.29 is 4.79 Å². The fourth-order valence-electron chi connectivity index (χ4n) is 4.08. The van der Waals surface area contributed by atoms with Crippen LogP contribution in [0.3, 0.4) is 0 Å². The van der Waals surface area contributed by atoms with E-state index in [9.17, 15) is 4.79 Å². The van der Waals surface area contributed by atoms with Crippen LogP contribution >= 0.6 is 0 Å². The van der Waals surface area contributed by atoms with Crippen molar-refractivity contribution in [2.75, 3.05) is 46.6 Å². The second kappa shape index (κ2) is 7.31. The number of anilines is 5. The predicted molar refractivity (Wildman–Crippen MR) is 119 cm³/mol. The molecule has 10 heteroatoms. The van der Waals surface area contributed by atoms with Gasteiger partial charge in [0.15, 0.2) is 11.5 Å². The van der Waals surface area contributed by atoms with E-state index in [2.05, 4.69) is 25.9 Å². The lowest BCUT2D eigenvalue weighted by atomic mass is 9.92. The van der Waals surface area contributed by atoms with Gasteiger partial charge in [0, 0.05) is 36.6 Å². The van der Waals surface area contributed by atoms with Gasteiger partial charge in [-0.3, -0.25) is 4.79 Å². The van der Waals surface area contributed by atoms with Crippen molar-refractivity contribution in [1.82, 2.24) is 20.3 Å². The molecule has 2 aliphatic rings. The number of amides is 1. The third-order valence-corrected chi connectivity index (χ3v) is 5.55. The third-order valence-electron chi connectivity index (χ3n) is 5.55. The molecule has 0 saturated carbocycles. The highest BCUT2D eigenvalue weighted by molar-refractivity contribution is 5.83. The molecule has 0 aliphatic carbocycles. The SMILES string of the molecule is Nc1cc(C2(c3cccnc3N)Nc3ccc(N4CCCNC(=O)C4)nc3N2)ccn1. The van der Waals surface area contributed by atoms with Gasteiger partial charge in [0.2, 0.25) is 5.91 Å². The third kappa shape index (κ3) is 3.31. The van der Waals surface area contributed by atoms with E-state index < -0.39 is 5.66 Å². The Bertz CT molecular complexity index is 1150. The molecule has 1 amide bonds. The van der Waals surface area contributed by atoms with Gasteiger partial charge >= 0.3 is 0 Å². The normalized spacial score (nSPS) is 20.3. The summed E-state index contributed by atoms with van der Waals surface area (Å²) in [4.78, 5) is 27.2. The van der Waals surface area contributed by atoms with Crippen molar-refractivity contribution >= 4 is 34.9 Å². The molecule has 0 aromatic carbocycles. The van der Waals surface area contributed by atoms with Gasteiger partial charge in [-0.1, -0.05) is 0 Å². The quantitative estimate of drug-likeness (QED) is 0.422. The minimum atomic E-state index is -0.917. The number of hydrogen-bond donors (Lipinski definition) is 5. The van der Waals surface area contributed by atoms with E-state index in [1.165, 1.54) is 0 Å². The lowest BCUT2D eigenvalue weighted by molar-refractivity contribution is -0.119. The van der Waals surface area contributed by atoms with Gasteiger partial charge in [0.25, 0.3) is 0 Å². The molecule has 0 radical (unpaired) electrons.